The summed E-state index contributed by atoms with van der Waals surface area (Å²) in [4.78, 5) is 14.0. The van der Waals surface area contributed by atoms with Gasteiger partial charge in [0.2, 0.25) is 0 Å². The molecule has 28 heavy (non-hydrogen) atoms. The number of aromatic nitrogens is 3. The standard InChI is InChI=1S/C19H20F2N4O3/c1-12-9-13(2)25(22-12)8-7-24(3)19(26)17-10-14(28-23-17)11-27-18-15(20)5-4-6-16(18)21/h4-6,9-10H,7-8,11H2,1-3H3. The van der Waals surface area contributed by atoms with Gasteiger partial charge in [-0.25, -0.2) is 8.78 Å². The number of rotatable bonds is 7. The Hall–Kier alpha value is -3.23. The molecule has 0 aliphatic heterocycles. The Morgan fingerprint density at radius 2 is 1.96 bits per heavy atom. The summed E-state index contributed by atoms with van der Waals surface area (Å²) >= 11 is 0. The molecule has 0 aliphatic rings. The topological polar surface area (TPSA) is 73.4 Å². The molecule has 3 rings (SSSR count). The molecular formula is C19H20F2N4O3. The predicted octanol–water partition coefficient (Wildman–Crippen LogP) is 3.12. The highest BCUT2D eigenvalue weighted by Gasteiger charge is 2.18. The van der Waals surface area contributed by atoms with Crippen LogP contribution in [0.3, 0.4) is 0 Å². The van der Waals surface area contributed by atoms with Crippen molar-refractivity contribution in [3.63, 3.8) is 0 Å². The number of aryl methyl sites for hydroxylation is 2. The van der Waals surface area contributed by atoms with E-state index in [4.69, 9.17) is 9.26 Å². The van der Waals surface area contributed by atoms with Crippen LogP contribution in [0, 0.1) is 25.5 Å². The zero-order valence-corrected chi connectivity index (χ0v) is 15.8. The summed E-state index contributed by atoms with van der Waals surface area (Å²) in [6.07, 6.45) is 0. The summed E-state index contributed by atoms with van der Waals surface area (Å²) in [6, 6.07) is 6.77. The Balaban J connectivity index is 1.58. The van der Waals surface area contributed by atoms with Gasteiger partial charge in [-0.15, -0.1) is 0 Å². The second-order valence-electron chi connectivity index (χ2n) is 6.39. The molecule has 2 heterocycles. The third kappa shape index (κ3) is 4.36. The summed E-state index contributed by atoms with van der Waals surface area (Å²) in [7, 11) is 1.65. The zero-order chi connectivity index (χ0) is 20.3. The van der Waals surface area contributed by atoms with Crippen LogP contribution in [0.2, 0.25) is 0 Å². The number of amides is 1. The molecule has 1 amide bonds. The number of halogens is 2. The SMILES string of the molecule is Cc1cc(C)n(CCN(C)C(=O)c2cc(COc3c(F)cccc3F)on2)n1. The van der Waals surface area contributed by atoms with Crippen molar-refractivity contribution >= 4 is 5.91 Å². The first kappa shape index (κ1) is 19.5. The number of carbonyl (C=O) groups is 1. The number of likely N-dealkylation sites (N-methyl/N-ethyl adjacent to an activating group) is 1. The third-order valence-corrected chi connectivity index (χ3v) is 4.15. The third-order valence-electron chi connectivity index (χ3n) is 4.15. The van der Waals surface area contributed by atoms with Crippen LogP contribution in [0.5, 0.6) is 5.75 Å². The van der Waals surface area contributed by atoms with Crippen molar-refractivity contribution in [2.24, 2.45) is 0 Å². The fraction of sp³-hybridized carbons (Fsp3) is 0.316. The van der Waals surface area contributed by atoms with E-state index in [1.54, 1.807) is 7.05 Å². The average molecular weight is 390 g/mol. The van der Waals surface area contributed by atoms with Gasteiger partial charge in [0, 0.05) is 25.4 Å². The highest BCUT2D eigenvalue weighted by molar-refractivity contribution is 5.92. The molecule has 2 aromatic heterocycles. The first-order valence-corrected chi connectivity index (χ1v) is 8.64. The first-order chi connectivity index (χ1) is 13.3. The molecule has 0 unspecified atom stereocenters. The molecular weight excluding hydrogens is 370 g/mol. The Morgan fingerprint density at radius 3 is 2.61 bits per heavy atom. The molecule has 9 heteroatoms. The van der Waals surface area contributed by atoms with Gasteiger partial charge >= 0.3 is 0 Å². The second-order valence-corrected chi connectivity index (χ2v) is 6.39. The van der Waals surface area contributed by atoms with Crippen LogP contribution in [0.4, 0.5) is 8.78 Å². The summed E-state index contributed by atoms with van der Waals surface area (Å²) in [5, 5.41) is 8.07. The van der Waals surface area contributed by atoms with Crippen LogP contribution in [0.25, 0.3) is 0 Å². The van der Waals surface area contributed by atoms with Gasteiger partial charge < -0.3 is 14.2 Å². The van der Waals surface area contributed by atoms with Gasteiger partial charge in [0.25, 0.3) is 5.91 Å². The molecule has 0 radical (unpaired) electrons. The molecule has 0 spiro atoms. The van der Waals surface area contributed by atoms with E-state index in [-0.39, 0.29) is 24.0 Å². The van der Waals surface area contributed by atoms with Crippen molar-refractivity contribution < 1.29 is 22.8 Å². The van der Waals surface area contributed by atoms with Gasteiger partial charge in [0.15, 0.2) is 28.8 Å². The molecule has 0 aliphatic carbocycles. The van der Waals surface area contributed by atoms with E-state index in [1.807, 2.05) is 24.6 Å². The van der Waals surface area contributed by atoms with Crippen molar-refractivity contribution in [2.75, 3.05) is 13.6 Å². The van der Waals surface area contributed by atoms with E-state index in [0.29, 0.717) is 13.1 Å². The van der Waals surface area contributed by atoms with Crippen LogP contribution < -0.4 is 4.74 Å². The number of para-hydroxylation sites is 1. The Kier molecular flexibility index (Phi) is 5.72. The molecule has 148 valence electrons. The molecule has 0 N–H and O–H groups in total. The van der Waals surface area contributed by atoms with Crippen LogP contribution in [-0.2, 0) is 13.2 Å². The lowest BCUT2D eigenvalue weighted by Gasteiger charge is -2.16. The lowest BCUT2D eigenvalue weighted by atomic mass is 10.3. The summed E-state index contributed by atoms with van der Waals surface area (Å²) in [5.41, 5.74) is 2.02. The lowest BCUT2D eigenvalue weighted by molar-refractivity contribution is 0.0778. The maximum Gasteiger partial charge on any atom is 0.275 e. The minimum absolute atomic E-state index is 0.0865. The number of carbonyl (C=O) groups excluding carboxylic acids is 1. The van der Waals surface area contributed by atoms with E-state index in [9.17, 15) is 13.6 Å². The highest BCUT2D eigenvalue weighted by atomic mass is 19.1. The normalized spacial score (nSPS) is 10.9. The van der Waals surface area contributed by atoms with E-state index in [2.05, 4.69) is 10.3 Å². The monoisotopic (exact) mass is 390 g/mol. The largest absolute Gasteiger partial charge is 0.479 e. The van der Waals surface area contributed by atoms with E-state index < -0.39 is 17.4 Å². The fourth-order valence-electron chi connectivity index (χ4n) is 2.69. The predicted molar refractivity (Wildman–Crippen MR) is 95.9 cm³/mol. The summed E-state index contributed by atoms with van der Waals surface area (Å²) in [5.74, 6) is -2.31. The number of hydrogen-bond acceptors (Lipinski definition) is 5. The van der Waals surface area contributed by atoms with E-state index in [0.717, 1.165) is 23.5 Å². The lowest BCUT2D eigenvalue weighted by Crippen LogP contribution is -2.30. The Morgan fingerprint density at radius 1 is 1.25 bits per heavy atom. The molecule has 0 saturated heterocycles. The van der Waals surface area contributed by atoms with Gasteiger partial charge in [-0.3, -0.25) is 9.48 Å². The Labute approximate surface area is 160 Å². The van der Waals surface area contributed by atoms with E-state index in [1.165, 1.54) is 17.0 Å². The summed E-state index contributed by atoms with van der Waals surface area (Å²) in [6.45, 7) is 4.57. The van der Waals surface area contributed by atoms with Crippen LogP contribution in [0.1, 0.15) is 27.6 Å². The Bertz CT molecular complexity index is 963. The van der Waals surface area contributed by atoms with Crippen LogP contribution >= 0.6 is 0 Å². The smallest absolute Gasteiger partial charge is 0.275 e. The molecule has 1 aromatic carbocycles. The maximum atomic E-state index is 13.6. The molecule has 0 bridgehead atoms. The fourth-order valence-corrected chi connectivity index (χ4v) is 2.69. The first-order valence-electron chi connectivity index (χ1n) is 8.64. The van der Waals surface area contributed by atoms with Crippen molar-refractivity contribution in [1.29, 1.82) is 0 Å². The number of ether oxygens (including phenoxy) is 1. The van der Waals surface area contributed by atoms with Crippen molar-refractivity contribution in [1.82, 2.24) is 19.8 Å². The van der Waals surface area contributed by atoms with Crippen LogP contribution in [0.15, 0.2) is 34.9 Å². The zero-order valence-electron chi connectivity index (χ0n) is 15.8. The van der Waals surface area contributed by atoms with Gasteiger partial charge in [-0.05, 0) is 32.0 Å². The van der Waals surface area contributed by atoms with Gasteiger partial charge in [0.05, 0.1) is 12.2 Å². The van der Waals surface area contributed by atoms with Crippen molar-refractivity contribution in [2.45, 2.75) is 27.0 Å². The van der Waals surface area contributed by atoms with Gasteiger partial charge in [0.1, 0.15) is 6.61 Å². The molecule has 0 fully saturated rings. The molecule has 7 nitrogen and oxygen atoms in total. The van der Waals surface area contributed by atoms with Crippen LogP contribution in [-0.4, -0.2) is 39.3 Å². The molecule has 3 aromatic rings. The highest BCUT2D eigenvalue weighted by Crippen LogP contribution is 2.22. The number of nitrogens with zero attached hydrogens (tertiary/aromatic N) is 4. The average Bonchev–Trinajstić information content (AvgIpc) is 3.24. The number of hydrogen-bond donors (Lipinski definition) is 0. The van der Waals surface area contributed by atoms with Gasteiger partial charge in [-0.2, -0.15) is 5.10 Å². The molecule has 0 atom stereocenters. The maximum absolute atomic E-state index is 13.6. The second kappa shape index (κ2) is 8.20. The summed E-state index contributed by atoms with van der Waals surface area (Å²) < 4.78 is 39.1. The van der Waals surface area contributed by atoms with Gasteiger partial charge in [-0.1, -0.05) is 11.2 Å². The molecule has 0 saturated carbocycles. The van der Waals surface area contributed by atoms with E-state index >= 15 is 0 Å². The number of benzene rings is 1. The minimum Gasteiger partial charge on any atom is -0.479 e. The quantitative estimate of drug-likeness (QED) is 0.620. The minimum atomic E-state index is -0.820. The van der Waals surface area contributed by atoms with Crippen molar-refractivity contribution in [3.05, 3.63) is 64.8 Å². The van der Waals surface area contributed by atoms with Crippen molar-refractivity contribution in [3.8, 4) is 5.75 Å².